The average molecular weight is 210 g/mol. The van der Waals surface area contributed by atoms with Gasteiger partial charge in [0.05, 0.1) is 0 Å². The van der Waals surface area contributed by atoms with E-state index in [1.165, 1.54) is 32.1 Å². The first-order valence-corrected chi connectivity index (χ1v) is 5.78. The second kappa shape index (κ2) is 5.21. The molecule has 1 saturated carbocycles. The third-order valence-corrected chi connectivity index (χ3v) is 3.06. The second-order valence-electron chi connectivity index (χ2n) is 4.17. The van der Waals surface area contributed by atoms with Gasteiger partial charge in [-0.3, -0.25) is 0 Å². The Morgan fingerprint density at radius 2 is 2.07 bits per heavy atom. The van der Waals surface area contributed by atoms with Gasteiger partial charge in [-0.2, -0.15) is 0 Å². The summed E-state index contributed by atoms with van der Waals surface area (Å²) >= 11 is 0. The fourth-order valence-corrected chi connectivity index (χ4v) is 2.24. The molecule has 0 aromatic carbocycles. The summed E-state index contributed by atoms with van der Waals surface area (Å²) in [6.07, 6.45) is 7.06. The number of hydrogen-bond donors (Lipinski definition) is 1. The molecule has 2 rings (SSSR count). The van der Waals surface area contributed by atoms with Crippen LogP contribution in [-0.2, 0) is 6.54 Å². The number of aliphatic hydroxyl groups is 1. The predicted octanol–water partition coefficient (Wildman–Crippen LogP) is 1.10. The summed E-state index contributed by atoms with van der Waals surface area (Å²) in [5.74, 6) is 1.55. The molecule has 1 aliphatic rings. The number of aryl methyl sites for hydroxylation is 1. The molecule has 0 spiro atoms. The second-order valence-corrected chi connectivity index (χ2v) is 4.17. The van der Waals surface area contributed by atoms with Crippen molar-refractivity contribution in [3.63, 3.8) is 0 Å². The molecule has 0 saturated heterocycles. The Morgan fingerprint density at radius 3 is 2.80 bits per heavy atom. The molecule has 1 fully saturated rings. The number of aliphatic hydroxyl groups excluding tert-OH is 1. The number of hydrogen-bond acceptors (Lipinski definition) is 4. The van der Waals surface area contributed by atoms with Gasteiger partial charge < -0.3 is 5.11 Å². The van der Waals surface area contributed by atoms with Gasteiger partial charge in [-0.1, -0.05) is 19.3 Å². The third kappa shape index (κ3) is 2.53. The van der Waals surface area contributed by atoms with Gasteiger partial charge >= 0.3 is 0 Å². The summed E-state index contributed by atoms with van der Waals surface area (Å²) in [6, 6.07) is 0. The molecule has 0 unspecified atom stereocenters. The largest absolute Gasteiger partial charge is 0.396 e. The lowest BCUT2D eigenvalue weighted by Crippen LogP contribution is -2.14. The minimum absolute atomic E-state index is 0.198. The lowest BCUT2D eigenvalue weighted by atomic mass is 9.89. The standard InChI is InChI=1S/C10H18N4O/c15-8-4-7-14-10(11-12-13-14)9-5-2-1-3-6-9/h9,15H,1-8H2. The summed E-state index contributed by atoms with van der Waals surface area (Å²) in [7, 11) is 0. The molecule has 0 radical (unpaired) electrons. The van der Waals surface area contributed by atoms with E-state index in [4.69, 9.17) is 5.11 Å². The zero-order chi connectivity index (χ0) is 10.5. The maximum Gasteiger partial charge on any atom is 0.154 e. The maximum absolute atomic E-state index is 8.78. The van der Waals surface area contributed by atoms with Crippen molar-refractivity contribution in [1.29, 1.82) is 0 Å². The van der Waals surface area contributed by atoms with E-state index in [1.54, 1.807) is 0 Å². The fraction of sp³-hybridized carbons (Fsp3) is 0.900. The van der Waals surface area contributed by atoms with Crippen molar-refractivity contribution in [2.45, 2.75) is 51.0 Å². The van der Waals surface area contributed by atoms with Gasteiger partial charge in [0.15, 0.2) is 5.82 Å². The van der Waals surface area contributed by atoms with Gasteiger partial charge in [0.25, 0.3) is 0 Å². The maximum atomic E-state index is 8.78. The molecule has 5 heteroatoms. The van der Waals surface area contributed by atoms with Gasteiger partial charge in [-0.15, -0.1) is 5.10 Å². The number of rotatable bonds is 4. The Kier molecular flexibility index (Phi) is 3.66. The van der Waals surface area contributed by atoms with E-state index in [0.29, 0.717) is 5.92 Å². The van der Waals surface area contributed by atoms with E-state index in [9.17, 15) is 0 Å². The van der Waals surface area contributed by atoms with E-state index in [2.05, 4.69) is 15.5 Å². The summed E-state index contributed by atoms with van der Waals surface area (Å²) in [5, 5.41) is 20.6. The van der Waals surface area contributed by atoms with Gasteiger partial charge in [-0.25, -0.2) is 4.68 Å². The van der Waals surface area contributed by atoms with Crippen molar-refractivity contribution in [3.8, 4) is 0 Å². The summed E-state index contributed by atoms with van der Waals surface area (Å²) < 4.78 is 1.85. The fourth-order valence-electron chi connectivity index (χ4n) is 2.24. The van der Waals surface area contributed by atoms with Crippen molar-refractivity contribution >= 4 is 0 Å². The van der Waals surface area contributed by atoms with E-state index in [1.807, 2.05) is 4.68 Å². The molecular weight excluding hydrogens is 192 g/mol. The van der Waals surface area contributed by atoms with Crippen molar-refractivity contribution in [2.75, 3.05) is 6.61 Å². The number of nitrogens with zero attached hydrogens (tertiary/aromatic N) is 4. The molecule has 1 heterocycles. The molecule has 0 amide bonds. The van der Waals surface area contributed by atoms with Crippen LogP contribution in [0, 0.1) is 0 Å². The molecule has 0 aliphatic heterocycles. The average Bonchev–Trinajstić information content (AvgIpc) is 2.75. The molecule has 1 N–H and O–H groups in total. The van der Waals surface area contributed by atoms with Crippen LogP contribution in [0.1, 0.15) is 50.3 Å². The Hall–Kier alpha value is -0.970. The first-order valence-electron chi connectivity index (χ1n) is 5.78. The Bertz CT molecular complexity index is 293. The normalized spacial score (nSPS) is 18.2. The highest BCUT2D eigenvalue weighted by atomic mass is 16.3. The van der Waals surface area contributed by atoms with Crippen LogP contribution in [0.4, 0.5) is 0 Å². The van der Waals surface area contributed by atoms with Gasteiger partial charge in [-0.05, 0) is 29.7 Å². The zero-order valence-corrected chi connectivity index (χ0v) is 8.97. The minimum atomic E-state index is 0.198. The molecule has 1 aromatic rings. The van der Waals surface area contributed by atoms with Crippen molar-refractivity contribution in [1.82, 2.24) is 20.2 Å². The Labute approximate surface area is 89.5 Å². The smallest absolute Gasteiger partial charge is 0.154 e. The van der Waals surface area contributed by atoms with Crippen LogP contribution < -0.4 is 0 Å². The highest BCUT2D eigenvalue weighted by molar-refractivity contribution is 4.95. The van der Waals surface area contributed by atoms with Crippen LogP contribution in [0.3, 0.4) is 0 Å². The number of tetrazole rings is 1. The zero-order valence-electron chi connectivity index (χ0n) is 8.97. The molecular formula is C10H18N4O. The minimum Gasteiger partial charge on any atom is -0.396 e. The molecule has 1 aromatic heterocycles. The van der Waals surface area contributed by atoms with Crippen LogP contribution in [-0.4, -0.2) is 31.9 Å². The summed E-state index contributed by atoms with van der Waals surface area (Å²) in [4.78, 5) is 0. The Balaban J connectivity index is 2.02. The highest BCUT2D eigenvalue weighted by Crippen LogP contribution is 2.30. The van der Waals surface area contributed by atoms with Crippen molar-refractivity contribution in [2.24, 2.45) is 0 Å². The van der Waals surface area contributed by atoms with Gasteiger partial charge in [0.2, 0.25) is 0 Å². The SMILES string of the molecule is OCCCn1nnnc1C1CCCCC1. The van der Waals surface area contributed by atoms with Gasteiger partial charge in [0.1, 0.15) is 0 Å². The van der Waals surface area contributed by atoms with E-state index in [0.717, 1.165) is 18.8 Å². The number of aromatic nitrogens is 4. The molecule has 0 bridgehead atoms. The van der Waals surface area contributed by atoms with Crippen LogP contribution in [0.25, 0.3) is 0 Å². The summed E-state index contributed by atoms with van der Waals surface area (Å²) in [6.45, 7) is 0.930. The van der Waals surface area contributed by atoms with Crippen LogP contribution in [0.2, 0.25) is 0 Å². The van der Waals surface area contributed by atoms with Crippen LogP contribution in [0.5, 0.6) is 0 Å². The predicted molar refractivity (Wildman–Crippen MR) is 55.3 cm³/mol. The topological polar surface area (TPSA) is 63.8 Å². The first kappa shape index (κ1) is 10.5. The Morgan fingerprint density at radius 1 is 1.27 bits per heavy atom. The van der Waals surface area contributed by atoms with Crippen LogP contribution in [0.15, 0.2) is 0 Å². The van der Waals surface area contributed by atoms with Crippen molar-refractivity contribution in [3.05, 3.63) is 5.82 Å². The first-order chi connectivity index (χ1) is 7.42. The molecule has 5 nitrogen and oxygen atoms in total. The third-order valence-electron chi connectivity index (χ3n) is 3.06. The van der Waals surface area contributed by atoms with E-state index >= 15 is 0 Å². The van der Waals surface area contributed by atoms with Crippen LogP contribution >= 0.6 is 0 Å². The lowest BCUT2D eigenvalue weighted by molar-refractivity contribution is 0.273. The summed E-state index contributed by atoms with van der Waals surface area (Å²) in [5.41, 5.74) is 0. The molecule has 1 aliphatic carbocycles. The van der Waals surface area contributed by atoms with E-state index in [-0.39, 0.29) is 6.61 Å². The van der Waals surface area contributed by atoms with E-state index < -0.39 is 0 Å². The molecule has 15 heavy (non-hydrogen) atoms. The molecule has 84 valence electrons. The van der Waals surface area contributed by atoms with Gasteiger partial charge in [0, 0.05) is 19.1 Å². The van der Waals surface area contributed by atoms with Crippen molar-refractivity contribution < 1.29 is 5.11 Å². The lowest BCUT2D eigenvalue weighted by Gasteiger charge is -2.20. The monoisotopic (exact) mass is 210 g/mol. The molecule has 0 atom stereocenters. The quantitative estimate of drug-likeness (QED) is 0.808. The highest BCUT2D eigenvalue weighted by Gasteiger charge is 2.21.